The van der Waals surface area contributed by atoms with Gasteiger partial charge >= 0.3 is 0 Å². The molecule has 0 aliphatic rings. The summed E-state index contributed by atoms with van der Waals surface area (Å²) in [7, 11) is 0. The fraction of sp³-hybridized carbons (Fsp3) is 0. The van der Waals surface area contributed by atoms with Crippen LogP contribution in [0, 0.1) is 0 Å². The van der Waals surface area contributed by atoms with Gasteiger partial charge in [0.25, 0.3) is 0 Å². The van der Waals surface area contributed by atoms with Gasteiger partial charge in [-0.15, -0.1) is 0 Å². The van der Waals surface area contributed by atoms with Crippen molar-refractivity contribution >= 4 is 54.6 Å². The molecule has 10 aromatic rings. The molecule has 0 aliphatic heterocycles. The van der Waals surface area contributed by atoms with Crippen molar-refractivity contribution < 1.29 is 8.83 Å². The molecule has 6 heteroatoms. The Morgan fingerprint density at radius 3 is 1.96 bits per heavy atom. The summed E-state index contributed by atoms with van der Waals surface area (Å²) in [6.45, 7) is 0. The normalized spacial score (nSPS) is 11.8. The number of benzene rings is 7. The van der Waals surface area contributed by atoms with Gasteiger partial charge in [-0.25, -0.2) is 19.9 Å². The van der Waals surface area contributed by atoms with Crippen LogP contribution in [-0.4, -0.2) is 19.9 Å². The molecule has 0 spiro atoms. The van der Waals surface area contributed by atoms with Crippen molar-refractivity contribution in [1.82, 2.24) is 19.9 Å². The highest BCUT2D eigenvalue weighted by Crippen LogP contribution is 2.39. The zero-order valence-corrected chi connectivity index (χ0v) is 25.5. The molecule has 0 saturated heterocycles. The maximum absolute atomic E-state index is 6.39. The molecular formula is C42H24N4O2. The Kier molecular flexibility index (Phi) is 5.77. The van der Waals surface area contributed by atoms with Crippen molar-refractivity contribution in [3.05, 3.63) is 146 Å². The van der Waals surface area contributed by atoms with E-state index < -0.39 is 0 Å². The fourth-order valence-electron chi connectivity index (χ4n) is 6.68. The molecule has 224 valence electrons. The second-order valence-electron chi connectivity index (χ2n) is 11.8. The average molecular weight is 617 g/mol. The molecule has 7 aromatic carbocycles. The van der Waals surface area contributed by atoms with E-state index in [1.54, 1.807) is 0 Å². The van der Waals surface area contributed by atoms with Gasteiger partial charge in [0.15, 0.2) is 23.1 Å². The number of furan rings is 1. The standard InChI is InChI=1S/C42H24N4O2/c1-2-12-26(13-3-1)42-43-34-24-33(29-15-6-7-16-30(29)38(34)48-42)41-45-39(28-22-21-25-11-4-5-14-27(25)23-28)44-40(46-41)32-18-10-20-36-37(32)31-17-8-9-19-35(31)47-36/h1-24H. The third-order valence-corrected chi connectivity index (χ3v) is 8.94. The Bertz CT molecular complexity index is 2850. The number of fused-ring (bicyclic) bond motifs is 7. The molecule has 10 rings (SSSR count). The number of hydrogen-bond acceptors (Lipinski definition) is 6. The molecule has 0 amide bonds. The largest absolute Gasteiger partial charge is 0.456 e. The minimum atomic E-state index is 0.551. The summed E-state index contributed by atoms with van der Waals surface area (Å²) in [5, 5.41) is 6.16. The Labute approximate surface area is 274 Å². The number of oxazole rings is 1. The Morgan fingerprint density at radius 2 is 1.08 bits per heavy atom. The van der Waals surface area contributed by atoms with Crippen LogP contribution in [0.25, 0.3) is 100 Å². The minimum absolute atomic E-state index is 0.551. The molecule has 48 heavy (non-hydrogen) atoms. The van der Waals surface area contributed by atoms with Gasteiger partial charge in [-0.2, -0.15) is 0 Å². The molecule has 3 aromatic heterocycles. The van der Waals surface area contributed by atoms with Crippen LogP contribution in [0.1, 0.15) is 0 Å². The summed E-state index contributed by atoms with van der Waals surface area (Å²) in [6, 6.07) is 48.9. The molecule has 0 saturated carbocycles. The van der Waals surface area contributed by atoms with Crippen molar-refractivity contribution in [2.24, 2.45) is 0 Å². The lowest BCUT2D eigenvalue weighted by atomic mass is 10.0. The third kappa shape index (κ3) is 4.20. The predicted molar refractivity (Wildman–Crippen MR) is 191 cm³/mol. The van der Waals surface area contributed by atoms with E-state index in [1.165, 1.54) is 0 Å². The summed E-state index contributed by atoms with van der Waals surface area (Å²) < 4.78 is 12.6. The molecule has 0 aliphatic carbocycles. The van der Waals surface area contributed by atoms with Crippen molar-refractivity contribution in [3.8, 4) is 45.6 Å². The van der Waals surface area contributed by atoms with Crippen LogP contribution >= 0.6 is 0 Å². The number of nitrogens with zero attached hydrogens (tertiary/aromatic N) is 4. The maximum Gasteiger partial charge on any atom is 0.227 e. The highest BCUT2D eigenvalue weighted by molar-refractivity contribution is 6.12. The Morgan fingerprint density at radius 1 is 0.396 bits per heavy atom. The lowest BCUT2D eigenvalue weighted by Crippen LogP contribution is -2.01. The molecule has 0 fully saturated rings. The summed E-state index contributed by atoms with van der Waals surface area (Å²) in [5.74, 6) is 2.27. The Balaban J connectivity index is 1.26. The van der Waals surface area contributed by atoms with E-state index in [1.807, 2.05) is 91.0 Å². The van der Waals surface area contributed by atoms with Crippen LogP contribution < -0.4 is 0 Å². The van der Waals surface area contributed by atoms with E-state index in [0.717, 1.165) is 76.8 Å². The number of hydrogen-bond donors (Lipinski definition) is 0. The van der Waals surface area contributed by atoms with Crippen LogP contribution in [-0.2, 0) is 0 Å². The molecule has 0 radical (unpaired) electrons. The summed E-state index contributed by atoms with van der Waals surface area (Å²) in [5.41, 5.74) is 6.61. The van der Waals surface area contributed by atoms with Gasteiger partial charge in [-0.05, 0) is 52.6 Å². The van der Waals surface area contributed by atoms with Crippen LogP contribution in [0.2, 0.25) is 0 Å². The highest BCUT2D eigenvalue weighted by Gasteiger charge is 2.21. The zero-order valence-electron chi connectivity index (χ0n) is 25.5. The number of para-hydroxylation sites is 1. The van der Waals surface area contributed by atoms with Crippen molar-refractivity contribution in [1.29, 1.82) is 0 Å². The van der Waals surface area contributed by atoms with E-state index in [0.29, 0.717) is 23.4 Å². The van der Waals surface area contributed by atoms with Crippen LogP contribution in [0.5, 0.6) is 0 Å². The van der Waals surface area contributed by atoms with E-state index in [4.69, 9.17) is 28.8 Å². The van der Waals surface area contributed by atoms with Crippen LogP contribution in [0.3, 0.4) is 0 Å². The second kappa shape index (κ2) is 10.4. The van der Waals surface area contributed by atoms with Gasteiger partial charge in [0, 0.05) is 38.4 Å². The van der Waals surface area contributed by atoms with Gasteiger partial charge in [-0.1, -0.05) is 109 Å². The van der Waals surface area contributed by atoms with Gasteiger partial charge in [0.1, 0.15) is 16.7 Å². The SMILES string of the molecule is c1ccc(-c2nc3cc(-c4nc(-c5ccc6ccccc6c5)nc(-c5cccc6oc7ccccc7c56)n4)c4ccccc4c3o2)cc1. The Hall–Kier alpha value is -6.66. The molecular weight excluding hydrogens is 592 g/mol. The first kappa shape index (κ1) is 26.5. The van der Waals surface area contributed by atoms with Crippen LogP contribution in [0.15, 0.2) is 154 Å². The third-order valence-electron chi connectivity index (χ3n) is 8.94. The first-order valence-electron chi connectivity index (χ1n) is 15.8. The van der Waals surface area contributed by atoms with E-state index in [2.05, 4.69) is 54.6 Å². The molecule has 0 bridgehead atoms. The lowest BCUT2D eigenvalue weighted by Gasteiger charge is -2.11. The molecule has 6 nitrogen and oxygen atoms in total. The molecule has 0 N–H and O–H groups in total. The topological polar surface area (TPSA) is 77.8 Å². The molecule has 0 unspecified atom stereocenters. The van der Waals surface area contributed by atoms with E-state index in [9.17, 15) is 0 Å². The molecule has 3 heterocycles. The molecule has 0 atom stereocenters. The van der Waals surface area contributed by atoms with E-state index >= 15 is 0 Å². The number of aromatic nitrogens is 4. The lowest BCUT2D eigenvalue weighted by molar-refractivity contribution is 0.623. The summed E-state index contributed by atoms with van der Waals surface area (Å²) in [6.07, 6.45) is 0. The fourth-order valence-corrected chi connectivity index (χ4v) is 6.68. The monoisotopic (exact) mass is 616 g/mol. The summed E-state index contributed by atoms with van der Waals surface area (Å²) >= 11 is 0. The smallest absolute Gasteiger partial charge is 0.227 e. The first-order valence-corrected chi connectivity index (χ1v) is 15.8. The predicted octanol–water partition coefficient (Wildman–Crippen LogP) is 10.9. The van der Waals surface area contributed by atoms with Crippen molar-refractivity contribution in [3.63, 3.8) is 0 Å². The summed E-state index contributed by atoms with van der Waals surface area (Å²) in [4.78, 5) is 20.4. The highest BCUT2D eigenvalue weighted by atomic mass is 16.3. The first-order chi connectivity index (χ1) is 23.8. The minimum Gasteiger partial charge on any atom is -0.456 e. The average Bonchev–Trinajstić information content (AvgIpc) is 3.77. The maximum atomic E-state index is 6.39. The second-order valence-corrected chi connectivity index (χ2v) is 11.8. The zero-order chi connectivity index (χ0) is 31.6. The van der Waals surface area contributed by atoms with Gasteiger partial charge in [-0.3, -0.25) is 0 Å². The van der Waals surface area contributed by atoms with Gasteiger partial charge in [0.2, 0.25) is 5.89 Å². The van der Waals surface area contributed by atoms with E-state index in [-0.39, 0.29) is 0 Å². The van der Waals surface area contributed by atoms with Gasteiger partial charge in [0.05, 0.1) is 0 Å². The quantitative estimate of drug-likeness (QED) is 0.196. The van der Waals surface area contributed by atoms with Crippen LogP contribution in [0.4, 0.5) is 0 Å². The van der Waals surface area contributed by atoms with Gasteiger partial charge < -0.3 is 8.83 Å². The van der Waals surface area contributed by atoms with Crippen molar-refractivity contribution in [2.45, 2.75) is 0 Å². The van der Waals surface area contributed by atoms with Crippen molar-refractivity contribution in [2.75, 3.05) is 0 Å². The number of rotatable bonds is 4.